The van der Waals surface area contributed by atoms with Crippen molar-refractivity contribution in [2.24, 2.45) is 0 Å². The van der Waals surface area contributed by atoms with Crippen LogP contribution in [0.2, 0.25) is 5.15 Å². The second kappa shape index (κ2) is 10.3. The van der Waals surface area contributed by atoms with E-state index in [4.69, 9.17) is 11.6 Å². The first kappa shape index (κ1) is 25.5. The van der Waals surface area contributed by atoms with E-state index >= 15 is 0 Å². The van der Waals surface area contributed by atoms with Crippen LogP contribution in [0.3, 0.4) is 0 Å². The fourth-order valence-electron chi connectivity index (χ4n) is 4.59. The molecule has 2 atom stereocenters. The van der Waals surface area contributed by atoms with E-state index < -0.39 is 24.1 Å². The lowest BCUT2D eigenvalue weighted by atomic mass is 9.85. The highest BCUT2D eigenvalue weighted by Crippen LogP contribution is 2.30. The van der Waals surface area contributed by atoms with Crippen LogP contribution in [0.4, 0.5) is 13.2 Å². The Morgan fingerprint density at radius 2 is 1.76 bits per heavy atom. The third kappa shape index (κ3) is 5.57. The molecule has 0 unspecified atom stereocenters. The lowest BCUT2D eigenvalue weighted by molar-refractivity contribution is -0.274. The molecular weight excluding hydrogens is 523 g/mol. The van der Waals surface area contributed by atoms with Gasteiger partial charge in [-0.15, -0.1) is 13.2 Å². The number of fused-ring (bicyclic) bond motifs is 1. The quantitative estimate of drug-likeness (QED) is 0.394. The van der Waals surface area contributed by atoms with Crippen molar-refractivity contribution in [1.82, 2.24) is 24.8 Å². The van der Waals surface area contributed by atoms with Crippen molar-refractivity contribution in [3.8, 4) is 5.75 Å². The lowest BCUT2D eigenvalue weighted by Crippen LogP contribution is -2.51. The fourth-order valence-corrected chi connectivity index (χ4v) is 4.73. The van der Waals surface area contributed by atoms with Crippen LogP contribution in [-0.2, 0) is 0 Å². The third-order valence-corrected chi connectivity index (χ3v) is 6.51. The van der Waals surface area contributed by atoms with E-state index in [0.29, 0.717) is 18.6 Å². The van der Waals surface area contributed by atoms with Crippen LogP contribution in [0.25, 0.3) is 5.65 Å². The number of imidazole rings is 1. The van der Waals surface area contributed by atoms with Gasteiger partial charge in [0.15, 0.2) is 5.65 Å². The van der Waals surface area contributed by atoms with Crippen molar-refractivity contribution >= 4 is 29.1 Å². The van der Waals surface area contributed by atoms with E-state index in [-0.39, 0.29) is 34.8 Å². The van der Waals surface area contributed by atoms with E-state index in [1.165, 1.54) is 28.9 Å². The number of nitrogens with zero attached hydrogens (tertiary/aromatic N) is 4. The van der Waals surface area contributed by atoms with Crippen LogP contribution in [0.15, 0.2) is 72.9 Å². The molecule has 196 valence electrons. The van der Waals surface area contributed by atoms with Crippen molar-refractivity contribution in [1.29, 1.82) is 0 Å². The second-order valence-corrected chi connectivity index (χ2v) is 9.15. The molecule has 0 saturated carbocycles. The molecule has 2 aromatic carbocycles. The van der Waals surface area contributed by atoms with Gasteiger partial charge in [0.25, 0.3) is 11.8 Å². The smallest absolute Gasteiger partial charge is 0.405 e. The van der Waals surface area contributed by atoms with Gasteiger partial charge in [-0.2, -0.15) is 5.10 Å². The standard InChI is InChI=1S/C26H21ClF3N5O3/c27-22-10-11-23-31-20(15-35(23)33-22)25(37)34-13-12-19(18(14-34)16-6-2-1-3-7-16)32-24(36)17-8-4-5-9-21(17)38-26(28,29)30/h1-11,15,18-19H,12-14H2,(H,32,36)/t18-,19-/m1/s1. The molecule has 8 nitrogen and oxygen atoms in total. The Kier molecular flexibility index (Phi) is 6.94. The number of para-hydroxylation sites is 1. The summed E-state index contributed by atoms with van der Waals surface area (Å²) in [5, 5.41) is 7.24. The van der Waals surface area contributed by atoms with Crippen molar-refractivity contribution in [3.63, 3.8) is 0 Å². The lowest BCUT2D eigenvalue weighted by Gasteiger charge is -2.39. The first-order chi connectivity index (χ1) is 18.2. The highest BCUT2D eigenvalue weighted by Gasteiger charge is 2.36. The number of likely N-dealkylation sites (tertiary alicyclic amines) is 1. The maximum Gasteiger partial charge on any atom is 0.573 e. The molecule has 1 aliphatic heterocycles. The number of nitrogens with one attached hydrogen (secondary N) is 1. The van der Waals surface area contributed by atoms with Crippen LogP contribution < -0.4 is 10.1 Å². The molecular formula is C26H21ClF3N5O3. The molecule has 3 heterocycles. The van der Waals surface area contributed by atoms with Crippen LogP contribution in [0.5, 0.6) is 5.75 Å². The minimum atomic E-state index is -4.94. The Hall–Kier alpha value is -4.12. The molecule has 1 fully saturated rings. The van der Waals surface area contributed by atoms with Gasteiger partial charge in [-0.25, -0.2) is 9.50 Å². The van der Waals surface area contributed by atoms with Crippen molar-refractivity contribution in [2.75, 3.05) is 13.1 Å². The van der Waals surface area contributed by atoms with Crippen LogP contribution in [-0.4, -0.2) is 56.8 Å². The van der Waals surface area contributed by atoms with Gasteiger partial charge < -0.3 is 15.0 Å². The molecule has 5 rings (SSSR count). The maximum atomic E-state index is 13.3. The summed E-state index contributed by atoms with van der Waals surface area (Å²) in [5.41, 5.74) is 1.32. The number of halogens is 4. The summed E-state index contributed by atoms with van der Waals surface area (Å²) in [6.07, 6.45) is -3.06. The Balaban J connectivity index is 1.38. The summed E-state index contributed by atoms with van der Waals surface area (Å²) in [5.74, 6) is -1.90. The number of hydrogen-bond acceptors (Lipinski definition) is 5. The average Bonchev–Trinajstić information content (AvgIpc) is 3.31. The van der Waals surface area contributed by atoms with Gasteiger partial charge >= 0.3 is 6.36 Å². The molecule has 12 heteroatoms. The van der Waals surface area contributed by atoms with Gasteiger partial charge in [-0.05, 0) is 36.2 Å². The molecule has 1 N–H and O–H groups in total. The van der Waals surface area contributed by atoms with Gasteiger partial charge in [0, 0.05) is 25.0 Å². The average molecular weight is 544 g/mol. The summed E-state index contributed by atoms with van der Waals surface area (Å²) in [6.45, 7) is 0.562. The fraction of sp³-hybridized carbons (Fsp3) is 0.231. The van der Waals surface area contributed by atoms with Crippen LogP contribution >= 0.6 is 11.6 Å². The largest absolute Gasteiger partial charge is 0.573 e. The molecule has 1 saturated heterocycles. The maximum absolute atomic E-state index is 13.3. The normalized spacial score (nSPS) is 17.8. The Labute approximate surface area is 220 Å². The third-order valence-electron chi connectivity index (χ3n) is 6.31. The van der Waals surface area contributed by atoms with Gasteiger partial charge in [-0.1, -0.05) is 54.1 Å². The minimum Gasteiger partial charge on any atom is -0.405 e. The monoisotopic (exact) mass is 543 g/mol. The molecule has 0 spiro atoms. The highest BCUT2D eigenvalue weighted by atomic mass is 35.5. The number of piperidine rings is 1. The van der Waals surface area contributed by atoms with E-state index in [0.717, 1.165) is 11.6 Å². The summed E-state index contributed by atoms with van der Waals surface area (Å²) >= 11 is 5.93. The van der Waals surface area contributed by atoms with Gasteiger partial charge in [-0.3, -0.25) is 9.59 Å². The number of rotatable bonds is 5. The van der Waals surface area contributed by atoms with Crippen molar-refractivity contribution in [2.45, 2.75) is 24.7 Å². The number of benzene rings is 2. The summed E-state index contributed by atoms with van der Waals surface area (Å²) in [6, 6.07) is 17.3. The molecule has 2 aromatic heterocycles. The summed E-state index contributed by atoms with van der Waals surface area (Å²) in [7, 11) is 0. The Bertz CT molecular complexity index is 1480. The summed E-state index contributed by atoms with van der Waals surface area (Å²) < 4.78 is 44.1. The predicted octanol–water partition coefficient (Wildman–Crippen LogP) is 4.71. The Morgan fingerprint density at radius 3 is 2.53 bits per heavy atom. The number of hydrogen-bond donors (Lipinski definition) is 1. The van der Waals surface area contributed by atoms with Crippen LogP contribution in [0, 0.1) is 0 Å². The molecule has 4 aromatic rings. The van der Waals surface area contributed by atoms with Crippen molar-refractivity contribution in [3.05, 3.63) is 94.9 Å². The Morgan fingerprint density at radius 1 is 1.03 bits per heavy atom. The van der Waals surface area contributed by atoms with Crippen LogP contribution in [0.1, 0.15) is 38.7 Å². The molecule has 0 radical (unpaired) electrons. The van der Waals surface area contributed by atoms with Gasteiger partial charge in [0.05, 0.1) is 11.8 Å². The predicted molar refractivity (Wildman–Crippen MR) is 132 cm³/mol. The minimum absolute atomic E-state index is 0.201. The zero-order valence-electron chi connectivity index (χ0n) is 19.7. The van der Waals surface area contributed by atoms with E-state index in [1.807, 2.05) is 30.3 Å². The number of aromatic nitrogens is 3. The molecule has 1 aliphatic rings. The number of amides is 2. The van der Waals surface area contributed by atoms with E-state index in [9.17, 15) is 22.8 Å². The van der Waals surface area contributed by atoms with Crippen molar-refractivity contribution < 1.29 is 27.5 Å². The number of carbonyl (C=O) groups is 2. The first-order valence-electron chi connectivity index (χ1n) is 11.7. The zero-order chi connectivity index (χ0) is 26.9. The number of ether oxygens (including phenoxy) is 1. The highest BCUT2D eigenvalue weighted by molar-refractivity contribution is 6.29. The van der Waals surface area contributed by atoms with E-state index in [2.05, 4.69) is 20.1 Å². The second-order valence-electron chi connectivity index (χ2n) is 8.77. The zero-order valence-corrected chi connectivity index (χ0v) is 20.5. The van der Waals surface area contributed by atoms with E-state index in [1.54, 1.807) is 17.0 Å². The van der Waals surface area contributed by atoms with Gasteiger partial charge in [0.2, 0.25) is 0 Å². The molecule has 38 heavy (non-hydrogen) atoms. The number of alkyl halides is 3. The molecule has 2 amide bonds. The first-order valence-corrected chi connectivity index (χ1v) is 12.1. The molecule has 0 aliphatic carbocycles. The SMILES string of the molecule is O=C(N[C@@H]1CCN(C(=O)c2cn3nc(Cl)ccc3n2)C[C@@H]1c1ccccc1)c1ccccc1OC(F)(F)F. The molecule has 0 bridgehead atoms. The topological polar surface area (TPSA) is 88.8 Å². The number of carbonyl (C=O) groups excluding carboxylic acids is 2. The van der Waals surface area contributed by atoms with Gasteiger partial charge in [0.1, 0.15) is 16.6 Å². The summed E-state index contributed by atoms with van der Waals surface area (Å²) in [4.78, 5) is 32.4.